The van der Waals surface area contributed by atoms with Crippen molar-refractivity contribution in [3.8, 4) is 23.0 Å². The molecule has 4 aromatic carbocycles. The highest BCUT2D eigenvalue weighted by Crippen LogP contribution is 2.43. The van der Waals surface area contributed by atoms with E-state index in [9.17, 15) is 0 Å². The highest BCUT2D eigenvalue weighted by molar-refractivity contribution is 6.37. The molecule has 70 heavy (non-hydrogen) atoms. The van der Waals surface area contributed by atoms with Crippen LogP contribution in [0.1, 0.15) is 103 Å². The number of hydrogen-bond acceptors (Lipinski definition) is 12. The lowest BCUT2D eigenvalue weighted by atomic mass is 10.1. The van der Waals surface area contributed by atoms with Gasteiger partial charge in [-0.25, -0.2) is 0 Å². The van der Waals surface area contributed by atoms with Crippen LogP contribution in [0.4, 0.5) is 0 Å². The van der Waals surface area contributed by atoms with Crippen molar-refractivity contribution in [2.24, 2.45) is 0 Å². The fourth-order valence-electron chi connectivity index (χ4n) is 6.88. The molecule has 0 spiro atoms. The Morgan fingerprint density at radius 2 is 0.471 bits per heavy atom. The van der Waals surface area contributed by atoms with E-state index in [0.29, 0.717) is 106 Å². The highest BCUT2D eigenvalue weighted by atomic mass is 35.5. The van der Waals surface area contributed by atoms with Crippen molar-refractivity contribution in [3.05, 3.63) is 122 Å². The normalized spacial score (nSPS) is 11.7. The molecule has 4 rings (SSSR count). The van der Waals surface area contributed by atoms with E-state index in [0.717, 1.165) is 0 Å². The van der Waals surface area contributed by atoms with Crippen LogP contribution >= 0.6 is 92.8 Å². The molecule has 0 aromatic heterocycles. The zero-order chi connectivity index (χ0) is 51.3. The number of rotatable bonds is 32. The largest absolute Gasteiger partial charge is 0.487 e. The smallest absolute Gasteiger partial charge is 0.187 e. The minimum atomic E-state index is -0.885. The van der Waals surface area contributed by atoms with Crippen LogP contribution in [0.2, 0.25) is 40.2 Å². The SMILES string of the molecule is CCOC(OCC)c1cc(Cl)cc(Cl)c1OCC(COc1c(Cl)cc(Cl)cc1C(OCC)OCC)=C(COc1c(Cl)cc(Cl)cc1C(OCC)OCC)COc1c(Cl)cc(Cl)cc1C(OCC)OCC. The van der Waals surface area contributed by atoms with Gasteiger partial charge in [0.15, 0.2) is 25.2 Å². The van der Waals surface area contributed by atoms with Gasteiger partial charge in [-0.15, -0.1) is 0 Å². The maximum absolute atomic E-state index is 6.93. The van der Waals surface area contributed by atoms with Crippen LogP contribution in [0.5, 0.6) is 23.0 Å². The second kappa shape index (κ2) is 31.5. The molecule has 4 aromatic rings. The summed E-state index contributed by atoms with van der Waals surface area (Å²) >= 11 is 54.0. The third kappa shape index (κ3) is 17.5. The van der Waals surface area contributed by atoms with Gasteiger partial charge in [-0.3, -0.25) is 0 Å². The molecule has 0 heterocycles. The second-order valence-electron chi connectivity index (χ2n) is 14.6. The van der Waals surface area contributed by atoms with Gasteiger partial charge >= 0.3 is 0 Å². The van der Waals surface area contributed by atoms with E-state index in [1.807, 2.05) is 55.4 Å². The summed E-state index contributed by atoms with van der Waals surface area (Å²) in [5.74, 6) is 0.919. The van der Waals surface area contributed by atoms with Crippen LogP contribution in [-0.2, 0) is 37.9 Å². The van der Waals surface area contributed by atoms with Gasteiger partial charge < -0.3 is 56.8 Å². The van der Waals surface area contributed by atoms with Crippen LogP contribution < -0.4 is 18.9 Å². The van der Waals surface area contributed by atoms with Gasteiger partial charge in [0.2, 0.25) is 0 Å². The summed E-state index contributed by atoms with van der Waals surface area (Å²) in [6, 6.07) is 12.9. The van der Waals surface area contributed by atoms with E-state index in [1.54, 1.807) is 48.5 Å². The first-order valence-electron chi connectivity index (χ1n) is 22.8. The fourth-order valence-corrected chi connectivity index (χ4v) is 9.14. The van der Waals surface area contributed by atoms with E-state index in [1.165, 1.54) is 0 Å². The molecule has 12 nitrogen and oxygen atoms in total. The van der Waals surface area contributed by atoms with Gasteiger partial charge in [-0.05, 0) is 104 Å². The summed E-state index contributed by atoms with van der Waals surface area (Å²) < 4.78 is 74.7. The summed E-state index contributed by atoms with van der Waals surface area (Å²) in [7, 11) is 0. The molecule has 0 aliphatic rings. The van der Waals surface area contributed by atoms with Crippen molar-refractivity contribution in [2.75, 3.05) is 79.3 Å². The number of benzene rings is 4. The quantitative estimate of drug-likeness (QED) is 0.0343. The fraction of sp³-hybridized carbons (Fsp3) is 0.480. The Labute approximate surface area is 451 Å². The van der Waals surface area contributed by atoms with Gasteiger partial charge in [-0.1, -0.05) is 92.8 Å². The summed E-state index contributed by atoms with van der Waals surface area (Å²) in [5, 5.41) is 2.09. The van der Waals surface area contributed by atoms with Crippen molar-refractivity contribution >= 4 is 92.8 Å². The summed E-state index contributed by atoms with van der Waals surface area (Å²) in [6.07, 6.45) is -3.54. The van der Waals surface area contributed by atoms with Crippen molar-refractivity contribution in [2.45, 2.75) is 80.6 Å². The summed E-state index contributed by atoms with van der Waals surface area (Å²) in [6.45, 7) is 16.4. The van der Waals surface area contributed by atoms with Crippen LogP contribution in [0, 0.1) is 0 Å². The van der Waals surface area contributed by atoms with E-state index >= 15 is 0 Å². The number of hydrogen-bond donors (Lipinski definition) is 0. The lowest BCUT2D eigenvalue weighted by Crippen LogP contribution is -2.22. The molecule has 0 atom stereocenters. The Kier molecular flexibility index (Phi) is 27.2. The lowest BCUT2D eigenvalue weighted by Gasteiger charge is -2.26. The van der Waals surface area contributed by atoms with Gasteiger partial charge in [0.1, 0.15) is 49.4 Å². The molecular weight excluding hydrogens is 1080 g/mol. The first-order valence-corrected chi connectivity index (χ1v) is 25.8. The summed E-state index contributed by atoms with van der Waals surface area (Å²) in [5.41, 5.74) is 2.72. The zero-order valence-corrected chi connectivity index (χ0v) is 46.4. The molecule has 0 radical (unpaired) electrons. The molecule has 0 amide bonds. The van der Waals surface area contributed by atoms with Gasteiger partial charge in [0.25, 0.3) is 0 Å². The standard InChI is InChI=1S/C50H60Cl8O12/c1-9-59-47(60-10-2)35-17-31(51)21-39(55)43(35)67-25-29(26-68-44-36(18-32(52)22-40(44)56)48(61-11-3)62-12-4)30(27-69-45-37(19-33(53)23-41(45)57)49(63-13-5)64-14-6)28-70-46-38(20-34(54)24-42(46)58)50(65-15-7)66-16-8/h17-24,47-50H,9-16,25-28H2,1-8H3. The Morgan fingerprint density at radius 1 is 0.300 bits per heavy atom. The average Bonchev–Trinajstić information content (AvgIpc) is 3.30. The third-order valence-electron chi connectivity index (χ3n) is 9.77. The Balaban J connectivity index is 2.03. The molecule has 0 saturated heterocycles. The molecule has 0 aliphatic heterocycles. The molecular formula is C50H60Cl8O12. The molecule has 0 N–H and O–H groups in total. The first kappa shape index (κ1) is 60.4. The van der Waals surface area contributed by atoms with Crippen LogP contribution in [0.25, 0.3) is 0 Å². The molecule has 0 bridgehead atoms. The molecule has 0 saturated carbocycles. The van der Waals surface area contributed by atoms with Crippen molar-refractivity contribution < 1.29 is 56.8 Å². The van der Waals surface area contributed by atoms with Crippen LogP contribution in [0.3, 0.4) is 0 Å². The Hall–Kier alpha value is -2.18. The Morgan fingerprint density at radius 3 is 0.629 bits per heavy atom. The van der Waals surface area contributed by atoms with Crippen LogP contribution in [-0.4, -0.2) is 79.3 Å². The van der Waals surface area contributed by atoms with E-state index in [4.69, 9.17) is 150 Å². The lowest BCUT2D eigenvalue weighted by molar-refractivity contribution is -0.141. The maximum atomic E-state index is 6.93. The molecule has 0 unspecified atom stereocenters. The van der Waals surface area contributed by atoms with E-state index < -0.39 is 25.2 Å². The predicted molar refractivity (Wildman–Crippen MR) is 279 cm³/mol. The monoisotopic (exact) mass is 1130 g/mol. The van der Waals surface area contributed by atoms with Crippen LogP contribution in [0.15, 0.2) is 59.7 Å². The maximum Gasteiger partial charge on any atom is 0.187 e. The molecule has 0 aliphatic carbocycles. The summed E-state index contributed by atoms with van der Waals surface area (Å²) in [4.78, 5) is 0. The molecule has 0 fully saturated rings. The van der Waals surface area contributed by atoms with Crippen molar-refractivity contribution in [3.63, 3.8) is 0 Å². The zero-order valence-electron chi connectivity index (χ0n) is 40.3. The van der Waals surface area contributed by atoms with Gasteiger partial charge in [-0.2, -0.15) is 0 Å². The van der Waals surface area contributed by atoms with Gasteiger partial charge in [0, 0.05) is 84.1 Å². The highest BCUT2D eigenvalue weighted by Gasteiger charge is 2.28. The van der Waals surface area contributed by atoms with E-state index in [2.05, 4.69) is 0 Å². The topological polar surface area (TPSA) is 111 Å². The van der Waals surface area contributed by atoms with Crippen molar-refractivity contribution in [1.29, 1.82) is 0 Å². The predicted octanol–water partition coefficient (Wildman–Crippen LogP) is 16.1. The first-order chi connectivity index (χ1) is 33.7. The number of ether oxygens (including phenoxy) is 12. The number of halogens is 8. The Bertz CT molecular complexity index is 1970. The molecule has 388 valence electrons. The second-order valence-corrected chi connectivity index (χ2v) is 17.9. The minimum Gasteiger partial charge on any atom is -0.487 e. The minimum absolute atomic E-state index is 0.187. The average molecular weight is 1140 g/mol. The van der Waals surface area contributed by atoms with Crippen molar-refractivity contribution in [1.82, 2.24) is 0 Å². The van der Waals surface area contributed by atoms with Gasteiger partial charge in [0.05, 0.1) is 42.3 Å². The third-order valence-corrected chi connectivity index (χ3v) is 11.8. The molecule has 20 heteroatoms. The van der Waals surface area contributed by atoms with E-state index in [-0.39, 0.29) is 69.5 Å².